The molecule has 0 saturated carbocycles. The van der Waals surface area contributed by atoms with E-state index >= 15 is 0 Å². The zero-order chi connectivity index (χ0) is 19.0. The second kappa shape index (κ2) is 10.2. The van der Waals surface area contributed by atoms with Crippen molar-refractivity contribution in [1.82, 2.24) is 9.80 Å². The van der Waals surface area contributed by atoms with E-state index < -0.39 is 0 Å². The van der Waals surface area contributed by atoms with Gasteiger partial charge in [0.1, 0.15) is 0 Å². The molecule has 28 heavy (non-hydrogen) atoms. The van der Waals surface area contributed by atoms with Crippen LogP contribution in [0.15, 0.2) is 60.7 Å². The number of benzene rings is 2. The van der Waals surface area contributed by atoms with Gasteiger partial charge in [-0.15, -0.1) is 0 Å². The molecule has 0 aromatic heterocycles. The van der Waals surface area contributed by atoms with Crippen molar-refractivity contribution in [2.45, 2.75) is 63.5 Å². The predicted octanol–water partition coefficient (Wildman–Crippen LogP) is 5.18. The summed E-state index contributed by atoms with van der Waals surface area (Å²) in [6.45, 7) is 5.10. The van der Waals surface area contributed by atoms with Crippen molar-refractivity contribution in [2.24, 2.45) is 0 Å². The van der Waals surface area contributed by atoms with Gasteiger partial charge >= 0.3 is 0 Å². The first kappa shape index (κ1) is 19.7. The molecule has 4 rings (SSSR count). The fraction of sp³-hybridized carbons (Fsp3) is 0.538. The summed E-state index contributed by atoms with van der Waals surface area (Å²) < 4.78 is 0. The molecule has 2 saturated heterocycles. The normalized spacial score (nSPS) is 21.3. The average molecular weight is 377 g/mol. The molecule has 2 heterocycles. The second-order valence-electron chi connectivity index (χ2n) is 8.71. The van der Waals surface area contributed by atoms with Gasteiger partial charge in [0.15, 0.2) is 0 Å². The molecule has 150 valence electrons. The Kier molecular flexibility index (Phi) is 7.18. The van der Waals surface area contributed by atoms with Crippen LogP contribution in [0.1, 0.15) is 49.7 Å². The fourth-order valence-electron chi connectivity index (χ4n) is 5.23. The Balaban J connectivity index is 1.62. The first-order valence-electron chi connectivity index (χ1n) is 11.5. The summed E-state index contributed by atoms with van der Waals surface area (Å²) in [5, 5.41) is 0. The SMILES string of the molecule is c1ccc(C[C@H]([C@H](Cc2ccccc2)N2CCCCC2)N2CCCCC2)cc1. The fourth-order valence-corrected chi connectivity index (χ4v) is 5.23. The van der Waals surface area contributed by atoms with Crippen LogP contribution in [0.5, 0.6) is 0 Å². The molecule has 0 aliphatic carbocycles. The van der Waals surface area contributed by atoms with Crippen LogP contribution in [0.3, 0.4) is 0 Å². The van der Waals surface area contributed by atoms with E-state index in [9.17, 15) is 0 Å². The van der Waals surface area contributed by atoms with Gasteiger partial charge in [-0.05, 0) is 75.8 Å². The van der Waals surface area contributed by atoms with Gasteiger partial charge in [0.05, 0.1) is 0 Å². The quantitative estimate of drug-likeness (QED) is 0.657. The van der Waals surface area contributed by atoms with Crippen molar-refractivity contribution in [2.75, 3.05) is 26.2 Å². The highest BCUT2D eigenvalue weighted by Crippen LogP contribution is 2.26. The third-order valence-electron chi connectivity index (χ3n) is 6.74. The van der Waals surface area contributed by atoms with Crippen LogP contribution < -0.4 is 0 Å². The molecule has 2 aromatic rings. The van der Waals surface area contributed by atoms with E-state index in [2.05, 4.69) is 70.5 Å². The molecule has 2 fully saturated rings. The molecule has 2 aliphatic heterocycles. The Labute approximate surface area is 171 Å². The number of hydrogen-bond acceptors (Lipinski definition) is 2. The molecule has 0 radical (unpaired) electrons. The Morgan fingerprint density at radius 2 is 0.857 bits per heavy atom. The predicted molar refractivity (Wildman–Crippen MR) is 119 cm³/mol. The average Bonchev–Trinajstić information content (AvgIpc) is 2.79. The van der Waals surface area contributed by atoms with Crippen molar-refractivity contribution in [3.05, 3.63) is 71.8 Å². The summed E-state index contributed by atoms with van der Waals surface area (Å²) in [5.74, 6) is 0. The largest absolute Gasteiger partial charge is 0.298 e. The third kappa shape index (κ3) is 5.24. The molecule has 0 N–H and O–H groups in total. The first-order valence-corrected chi connectivity index (χ1v) is 11.5. The van der Waals surface area contributed by atoms with Gasteiger partial charge in [0.25, 0.3) is 0 Å². The molecule has 2 atom stereocenters. The standard InChI is InChI=1S/C26H36N2/c1-5-13-23(14-6-1)21-25(27-17-9-3-10-18-27)26(28-19-11-4-12-20-28)22-24-15-7-2-8-16-24/h1-2,5-8,13-16,25-26H,3-4,9-12,17-22H2/t25-,26+. The van der Waals surface area contributed by atoms with Gasteiger partial charge < -0.3 is 0 Å². The highest BCUT2D eigenvalue weighted by atomic mass is 15.2. The lowest BCUT2D eigenvalue weighted by Crippen LogP contribution is -2.56. The van der Waals surface area contributed by atoms with Crippen molar-refractivity contribution in [3.8, 4) is 0 Å². The molecule has 0 amide bonds. The number of hydrogen-bond donors (Lipinski definition) is 0. The number of likely N-dealkylation sites (tertiary alicyclic amines) is 2. The van der Waals surface area contributed by atoms with Crippen LogP contribution in [0.4, 0.5) is 0 Å². The Bertz CT molecular complexity index is 611. The lowest BCUT2D eigenvalue weighted by atomic mass is 9.89. The summed E-state index contributed by atoms with van der Waals surface area (Å²) in [6.07, 6.45) is 10.6. The van der Waals surface area contributed by atoms with Crippen LogP contribution in [0.25, 0.3) is 0 Å². The highest BCUT2D eigenvalue weighted by molar-refractivity contribution is 5.20. The maximum absolute atomic E-state index is 2.83. The molecular weight excluding hydrogens is 340 g/mol. The van der Waals surface area contributed by atoms with E-state index in [1.807, 2.05) is 0 Å². The van der Waals surface area contributed by atoms with Crippen LogP contribution in [-0.4, -0.2) is 48.1 Å². The minimum atomic E-state index is 0.612. The van der Waals surface area contributed by atoms with Gasteiger partial charge in [0.2, 0.25) is 0 Å². The smallest absolute Gasteiger partial charge is 0.0295 e. The van der Waals surface area contributed by atoms with Crippen molar-refractivity contribution in [3.63, 3.8) is 0 Å². The van der Waals surface area contributed by atoms with Crippen LogP contribution in [-0.2, 0) is 12.8 Å². The minimum Gasteiger partial charge on any atom is -0.298 e. The number of nitrogens with zero attached hydrogens (tertiary/aromatic N) is 2. The third-order valence-corrected chi connectivity index (χ3v) is 6.74. The highest BCUT2D eigenvalue weighted by Gasteiger charge is 2.33. The van der Waals surface area contributed by atoms with E-state index in [-0.39, 0.29) is 0 Å². The van der Waals surface area contributed by atoms with E-state index in [0.29, 0.717) is 12.1 Å². The zero-order valence-corrected chi connectivity index (χ0v) is 17.3. The van der Waals surface area contributed by atoms with Crippen molar-refractivity contribution >= 4 is 0 Å². The van der Waals surface area contributed by atoms with Gasteiger partial charge in [-0.2, -0.15) is 0 Å². The molecule has 2 nitrogen and oxygen atoms in total. The van der Waals surface area contributed by atoms with Gasteiger partial charge in [-0.3, -0.25) is 9.80 Å². The monoisotopic (exact) mass is 376 g/mol. The molecule has 0 spiro atoms. The minimum absolute atomic E-state index is 0.612. The van der Waals surface area contributed by atoms with Crippen LogP contribution in [0.2, 0.25) is 0 Å². The van der Waals surface area contributed by atoms with E-state index in [4.69, 9.17) is 0 Å². The Morgan fingerprint density at radius 1 is 0.500 bits per heavy atom. The van der Waals surface area contributed by atoms with Crippen molar-refractivity contribution in [1.29, 1.82) is 0 Å². The molecule has 2 aliphatic rings. The maximum atomic E-state index is 2.83. The summed E-state index contributed by atoms with van der Waals surface area (Å²) in [7, 11) is 0. The van der Waals surface area contributed by atoms with Crippen LogP contribution in [0, 0.1) is 0 Å². The zero-order valence-electron chi connectivity index (χ0n) is 17.3. The maximum Gasteiger partial charge on any atom is 0.0295 e. The van der Waals surface area contributed by atoms with E-state index in [0.717, 1.165) is 0 Å². The summed E-state index contributed by atoms with van der Waals surface area (Å²) in [5.41, 5.74) is 2.99. The first-order chi connectivity index (χ1) is 13.9. The second-order valence-corrected chi connectivity index (χ2v) is 8.71. The summed E-state index contributed by atoms with van der Waals surface area (Å²) in [4.78, 5) is 5.66. The van der Waals surface area contributed by atoms with E-state index in [1.165, 1.54) is 88.7 Å². The van der Waals surface area contributed by atoms with Gasteiger partial charge in [-0.25, -0.2) is 0 Å². The molecular formula is C26H36N2. The van der Waals surface area contributed by atoms with Gasteiger partial charge in [0, 0.05) is 12.1 Å². The number of piperidine rings is 2. The number of rotatable bonds is 7. The Morgan fingerprint density at radius 3 is 1.21 bits per heavy atom. The summed E-state index contributed by atoms with van der Waals surface area (Å²) in [6, 6.07) is 23.6. The molecule has 2 aromatic carbocycles. The van der Waals surface area contributed by atoms with Gasteiger partial charge in [-0.1, -0.05) is 73.5 Å². The van der Waals surface area contributed by atoms with Crippen LogP contribution >= 0.6 is 0 Å². The van der Waals surface area contributed by atoms with E-state index in [1.54, 1.807) is 0 Å². The van der Waals surface area contributed by atoms with Crippen molar-refractivity contribution < 1.29 is 0 Å². The summed E-state index contributed by atoms with van der Waals surface area (Å²) >= 11 is 0. The molecule has 2 heteroatoms. The lowest BCUT2D eigenvalue weighted by Gasteiger charge is -2.45. The lowest BCUT2D eigenvalue weighted by molar-refractivity contribution is 0.0530. The molecule has 0 bridgehead atoms. The molecule has 0 unspecified atom stereocenters. The Hall–Kier alpha value is -1.64. The topological polar surface area (TPSA) is 6.48 Å².